The van der Waals surface area contributed by atoms with Gasteiger partial charge < -0.3 is 9.47 Å². The summed E-state index contributed by atoms with van der Waals surface area (Å²) in [5.41, 5.74) is 2.23. The van der Waals surface area contributed by atoms with Crippen LogP contribution < -0.4 is 0 Å². The maximum atomic E-state index is 6.03. The van der Waals surface area contributed by atoms with Crippen molar-refractivity contribution in [1.82, 2.24) is 9.88 Å². The molecule has 4 heteroatoms. The second kappa shape index (κ2) is 5.61. The predicted octanol–water partition coefficient (Wildman–Crippen LogP) is 2.61. The summed E-state index contributed by atoms with van der Waals surface area (Å²) in [6.45, 7) is 3.69. The van der Waals surface area contributed by atoms with Crippen LogP contribution in [0, 0.1) is 0 Å². The highest BCUT2D eigenvalue weighted by molar-refractivity contribution is 5.78. The van der Waals surface area contributed by atoms with Crippen LogP contribution in [0.15, 0.2) is 36.4 Å². The number of aromatic nitrogens is 1. The van der Waals surface area contributed by atoms with E-state index in [4.69, 9.17) is 14.5 Å². The van der Waals surface area contributed by atoms with E-state index in [1.54, 1.807) is 7.11 Å². The Balaban J connectivity index is 1.40. The molecule has 2 saturated heterocycles. The average molecular weight is 298 g/mol. The van der Waals surface area contributed by atoms with Crippen molar-refractivity contribution < 1.29 is 9.47 Å². The van der Waals surface area contributed by atoms with Crippen LogP contribution in [0.1, 0.15) is 18.5 Å². The highest BCUT2D eigenvalue weighted by Gasteiger charge is 2.47. The van der Waals surface area contributed by atoms with Gasteiger partial charge in [-0.2, -0.15) is 0 Å². The molecule has 116 valence electrons. The van der Waals surface area contributed by atoms with Gasteiger partial charge in [-0.25, -0.2) is 0 Å². The Labute approximate surface area is 131 Å². The van der Waals surface area contributed by atoms with E-state index in [0.29, 0.717) is 6.10 Å². The molecular formula is C18H22N2O2. The number of para-hydroxylation sites is 1. The van der Waals surface area contributed by atoms with E-state index >= 15 is 0 Å². The number of hydrogen-bond acceptors (Lipinski definition) is 4. The topological polar surface area (TPSA) is 34.6 Å². The van der Waals surface area contributed by atoms with Crippen molar-refractivity contribution in [2.45, 2.75) is 31.1 Å². The largest absolute Gasteiger partial charge is 0.381 e. The van der Waals surface area contributed by atoms with Crippen LogP contribution >= 0.6 is 0 Å². The van der Waals surface area contributed by atoms with Gasteiger partial charge in [0.15, 0.2) is 0 Å². The summed E-state index contributed by atoms with van der Waals surface area (Å²) >= 11 is 0. The Morgan fingerprint density at radius 3 is 3.00 bits per heavy atom. The van der Waals surface area contributed by atoms with Crippen molar-refractivity contribution in [1.29, 1.82) is 0 Å². The molecule has 1 atom stereocenters. The van der Waals surface area contributed by atoms with Crippen LogP contribution in [0.5, 0.6) is 0 Å². The first kappa shape index (κ1) is 14.1. The zero-order chi connectivity index (χ0) is 15.0. The molecule has 0 aliphatic carbocycles. The molecule has 0 N–H and O–H groups in total. The SMILES string of the molecule is CO[C@H]1CCOC2(C1)CN(Cc1ccc3ccccc3n1)C2. The Bertz CT molecular complexity index is 667. The molecular weight excluding hydrogens is 276 g/mol. The van der Waals surface area contributed by atoms with Crippen molar-refractivity contribution >= 4 is 10.9 Å². The minimum atomic E-state index is 0.0236. The first-order chi connectivity index (χ1) is 10.8. The molecule has 2 aliphatic heterocycles. The van der Waals surface area contributed by atoms with Gasteiger partial charge in [0.05, 0.1) is 22.9 Å². The number of likely N-dealkylation sites (tertiary alicyclic amines) is 1. The summed E-state index contributed by atoms with van der Waals surface area (Å²) in [5.74, 6) is 0. The fraction of sp³-hybridized carbons (Fsp3) is 0.500. The lowest BCUT2D eigenvalue weighted by Gasteiger charge is -2.53. The van der Waals surface area contributed by atoms with Crippen LogP contribution in [0.3, 0.4) is 0 Å². The smallest absolute Gasteiger partial charge is 0.0959 e. The number of rotatable bonds is 3. The van der Waals surface area contributed by atoms with Crippen LogP contribution in [-0.2, 0) is 16.0 Å². The summed E-state index contributed by atoms with van der Waals surface area (Å²) in [4.78, 5) is 7.17. The van der Waals surface area contributed by atoms with Gasteiger partial charge in [0.1, 0.15) is 0 Å². The van der Waals surface area contributed by atoms with Gasteiger partial charge in [0.25, 0.3) is 0 Å². The Hall–Kier alpha value is -1.49. The lowest BCUT2D eigenvalue weighted by Crippen LogP contribution is -2.65. The fourth-order valence-corrected chi connectivity index (χ4v) is 3.71. The number of nitrogens with zero attached hydrogens (tertiary/aromatic N) is 2. The minimum Gasteiger partial charge on any atom is -0.381 e. The second-order valence-corrected chi connectivity index (χ2v) is 6.52. The number of benzene rings is 1. The van der Waals surface area contributed by atoms with Crippen LogP contribution in [-0.4, -0.2) is 48.4 Å². The first-order valence-corrected chi connectivity index (χ1v) is 8.00. The van der Waals surface area contributed by atoms with E-state index in [1.807, 2.05) is 6.07 Å². The molecule has 4 nitrogen and oxygen atoms in total. The number of ether oxygens (including phenoxy) is 2. The van der Waals surface area contributed by atoms with E-state index in [2.05, 4.69) is 35.2 Å². The standard InChI is InChI=1S/C18H22N2O2/c1-21-16-8-9-22-18(10-16)12-20(13-18)11-15-7-6-14-4-2-3-5-17(14)19-15/h2-7,16H,8-13H2,1H3/t16-/m0/s1. The summed E-state index contributed by atoms with van der Waals surface area (Å²) in [6.07, 6.45) is 2.39. The number of methoxy groups -OCH3 is 1. The maximum Gasteiger partial charge on any atom is 0.0959 e. The quantitative estimate of drug-likeness (QED) is 0.872. The Morgan fingerprint density at radius 1 is 1.27 bits per heavy atom. The number of fused-ring (bicyclic) bond motifs is 1. The Morgan fingerprint density at radius 2 is 2.14 bits per heavy atom. The molecule has 0 saturated carbocycles. The summed E-state index contributed by atoms with van der Waals surface area (Å²) in [6, 6.07) is 12.6. The molecule has 0 unspecified atom stereocenters. The highest BCUT2D eigenvalue weighted by Crippen LogP contribution is 2.35. The molecule has 2 aromatic rings. The van der Waals surface area contributed by atoms with Gasteiger partial charge in [-0.3, -0.25) is 9.88 Å². The van der Waals surface area contributed by atoms with E-state index < -0.39 is 0 Å². The van der Waals surface area contributed by atoms with E-state index in [1.165, 1.54) is 5.39 Å². The van der Waals surface area contributed by atoms with Gasteiger partial charge in [0.2, 0.25) is 0 Å². The predicted molar refractivity (Wildman–Crippen MR) is 85.7 cm³/mol. The number of hydrogen-bond donors (Lipinski definition) is 0. The monoisotopic (exact) mass is 298 g/mol. The van der Waals surface area contributed by atoms with E-state index in [-0.39, 0.29) is 5.60 Å². The fourth-order valence-electron chi connectivity index (χ4n) is 3.71. The average Bonchev–Trinajstić information content (AvgIpc) is 2.53. The van der Waals surface area contributed by atoms with Crippen LogP contribution in [0.2, 0.25) is 0 Å². The van der Waals surface area contributed by atoms with E-state index in [9.17, 15) is 0 Å². The van der Waals surface area contributed by atoms with Crippen molar-refractivity contribution in [2.24, 2.45) is 0 Å². The van der Waals surface area contributed by atoms with Gasteiger partial charge in [-0.1, -0.05) is 24.3 Å². The summed E-state index contributed by atoms with van der Waals surface area (Å²) < 4.78 is 11.5. The van der Waals surface area contributed by atoms with E-state index in [0.717, 1.165) is 50.3 Å². The number of pyridine rings is 1. The third-order valence-corrected chi connectivity index (χ3v) is 4.85. The third-order valence-electron chi connectivity index (χ3n) is 4.85. The molecule has 2 fully saturated rings. The molecule has 2 aliphatic rings. The van der Waals surface area contributed by atoms with Crippen molar-refractivity contribution in [2.75, 3.05) is 26.8 Å². The second-order valence-electron chi connectivity index (χ2n) is 6.52. The lowest BCUT2D eigenvalue weighted by atomic mass is 9.84. The molecule has 3 heterocycles. The summed E-state index contributed by atoms with van der Waals surface area (Å²) in [5, 5.41) is 1.20. The molecule has 0 radical (unpaired) electrons. The zero-order valence-corrected chi connectivity index (χ0v) is 13.0. The minimum absolute atomic E-state index is 0.0236. The maximum absolute atomic E-state index is 6.03. The molecule has 4 rings (SSSR count). The van der Waals surface area contributed by atoms with Gasteiger partial charge in [-0.05, 0) is 18.6 Å². The van der Waals surface area contributed by atoms with Gasteiger partial charge in [0, 0.05) is 45.2 Å². The van der Waals surface area contributed by atoms with Crippen molar-refractivity contribution in [3.63, 3.8) is 0 Å². The van der Waals surface area contributed by atoms with Gasteiger partial charge >= 0.3 is 0 Å². The molecule has 0 bridgehead atoms. The van der Waals surface area contributed by atoms with Crippen LogP contribution in [0.25, 0.3) is 10.9 Å². The molecule has 22 heavy (non-hydrogen) atoms. The highest BCUT2D eigenvalue weighted by atomic mass is 16.5. The Kier molecular flexibility index (Phi) is 3.60. The molecule has 0 amide bonds. The molecule has 1 aromatic heterocycles. The normalized spacial score (nSPS) is 24.5. The van der Waals surface area contributed by atoms with Crippen molar-refractivity contribution in [3.8, 4) is 0 Å². The van der Waals surface area contributed by atoms with Gasteiger partial charge in [-0.15, -0.1) is 0 Å². The first-order valence-electron chi connectivity index (χ1n) is 8.00. The molecule has 1 spiro atoms. The van der Waals surface area contributed by atoms with Crippen LogP contribution in [0.4, 0.5) is 0 Å². The molecule has 1 aromatic carbocycles. The van der Waals surface area contributed by atoms with Crippen molar-refractivity contribution in [3.05, 3.63) is 42.1 Å². The summed E-state index contributed by atoms with van der Waals surface area (Å²) in [7, 11) is 1.80. The third kappa shape index (κ3) is 2.62. The zero-order valence-electron chi connectivity index (χ0n) is 13.0. The lowest BCUT2D eigenvalue weighted by molar-refractivity contribution is -0.195.